The van der Waals surface area contributed by atoms with Gasteiger partial charge in [-0.2, -0.15) is 0 Å². The summed E-state index contributed by atoms with van der Waals surface area (Å²) in [6.45, 7) is 5.66. The number of nitrogen functional groups attached to an aromatic ring is 1. The molecular weight excluding hydrogens is 262 g/mol. The fourth-order valence-corrected chi connectivity index (χ4v) is 2.37. The maximum Gasteiger partial charge on any atom is 0.119 e. The molecule has 0 saturated carbocycles. The normalized spacial score (nSPS) is 12.1. The van der Waals surface area contributed by atoms with Crippen LogP contribution in [-0.2, 0) is 6.42 Å². The van der Waals surface area contributed by atoms with Crippen LogP contribution in [0.2, 0.25) is 0 Å². The highest BCUT2D eigenvalue weighted by Crippen LogP contribution is 2.24. The average Bonchev–Trinajstić information content (AvgIpc) is 2.49. The first-order chi connectivity index (χ1) is 10.2. The van der Waals surface area contributed by atoms with Crippen molar-refractivity contribution in [3.63, 3.8) is 0 Å². The number of hydrogen-bond donors (Lipinski definition) is 2. The van der Waals surface area contributed by atoms with Gasteiger partial charge in [-0.25, -0.2) is 0 Å². The third-order valence-corrected chi connectivity index (χ3v) is 3.39. The highest BCUT2D eigenvalue weighted by molar-refractivity contribution is 5.45. The van der Waals surface area contributed by atoms with Crippen molar-refractivity contribution >= 4 is 5.69 Å². The van der Waals surface area contributed by atoms with Crippen LogP contribution in [0, 0.1) is 0 Å². The molecule has 2 rings (SSSR count). The minimum absolute atomic E-state index is 0.196. The number of nitrogens with zero attached hydrogens (tertiary/aromatic N) is 1. The van der Waals surface area contributed by atoms with Gasteiger partial charge in [0.1, 0.15) is 5.75 Å². The van der Waals surface area contributed by atoms with Gasteiger partial charge < -0.3 is 15.8 Å². The fraction of sp³-hybridized carbons (Fsp3) is 0.353. The second kappa shape index (κ2) is 7.64. The van der Waals surface area contributed by atoms with Gasteiger partial charge in [-0.15, -0.1) is 0 Å². The zero-order valence-electron chi connectivity index (χ0n) is 12.7. The first kappa shape index (κ1) is 15.3. The van der Waals surface area contributed by atoms with Gasteiger partial charge in [0.05, 0.1) is 6.61 Å². The summed E-state index contributed by atoms with van der Waals surface area (Å²) in [7, 11) is 0. The Morgan fingerprint density at radius 1 is 1.29 bits per heavy atom. The van der Waals surface area contributed by atoms with Crippen molar-refractivity contribution in [2.45, 2.75) is 26.3 Å². The third kappa shape index (κ3) is 4.20. The van der Waals surface area contributed by atoms with E-state index in [1.807, 2.05) is 31.3 Å². The zero-order chi connectivity index (χ0) is 15.1. The quantitative estimate of drug-likeness (QED) is 0.821. The summed E-state index contributed by atoms with van der Waals surface area (Å²) in [5, 5.41) is 3.51. The average molecular weight is 285 g/mol. The Morgan fingerprint density at radius 2 is 2.14 bits per heavy atom. The third-order valence-electron chi connectivity index (χ3n) is 3.39. The molecule has 0 saturated heterocycles. The molecule has 0 aliphatic carbocycles. The molecular formula is C17H23N3O. The van der Waals surface area contributed by atoms with E-state index >= 15 is 0 Å². The predicted octanol–water partition coefficient (Wildman–Crippen LogP) is 2.96. The molecule has 1 aromatic carbocycles. The van der Waals surface area contributed by atoms with E-state index in [9.17, 15) is 0 Å². The Balaban J connectivity index is 2.22. The van der Waals surface area contributed by atoms with Gasteiger partial charge in [-0.1, -0.05) is 19.1 Å². The summed E-state index contributed by atoms with van der Waals surface area (Å²) >= 11 is 0. The van der Waals surface area contributed by atoms with Crippen LogP contribution in [0.3, 0.4) is 0 Å². The summed E-state index contributed by atoms with van der Waals surface area (Å²) in [4.78, 5) is 4.17. The Morgan fingerprint density at radius 3 is 2.86 bits per heavy atom. The fourth-order valence-electron chi connectivity index (χ4n) is 2.37. The van der Waals surface area contributed by atoms with Gasteiger partial charge in [0.25, 0.3) is 0 Å². The van der Waals surface area contributed by atoms with Gasteiger partial charge in [0, 0.05) is 24.1 Å². The number of likely N-dealkylation sites (N-methyl/N-ethyl adjacent to an activating group) is 1. The van der Waals surface area contributed by atoms with Gasteiger partial charge >= 0.3 is 0 Å². The molecule has 0 radical (unpaired) electrons. The Labute approximate surface area is 126 Å². The molecule has 1 unspecified atom stereocenters. The minimum Gasteiger partial charge on any atom is -0.494 e. The molecule has 21 heavy (non-hydrogen) atoms. The first-order valence-electron chi connectivity index (χ1n) is 7.39. The molecule has 112 valence electrons. The number of aromatic nitrogens is 1. The Kier molecular flexibility index (Phi) is 5.58. The number of rotatable bonds is 7. The summed E-state index contributed by atoms with van der Waals surface area (Å²) in [6.07, 6.45) is 4.37. The summed E-state index contributed by atoms with van der Waals surface area (Å²) in [5.41, 5.74) is 9.07. The van der Waals surface area contributed by atoms with Crippen molar-refractivity contribution in [3.05, 3.63) is 53.9 Å². The molecule has 0 bridgehead atoms. The number of benzene rings is 1. The van der Waals surface area contributed by atoms with E-state index in [0.29, 0.717) is 6.61 Å². The number of pyridine rings is 1. The van der Waals surface area contributed by atoms with Crippen LogP contribution in [0.15, 0.2) is 42.7 Å². The second-order valence-electron chi connectivity index (χ2n) is 4.89. The predicted molar refractivity (Wildman–Crippen MR) is 86.4 cm³/mol. The van der Waals surface area contributed by atoms with Crippen LogP contribution < -0.4 is 15.8 Å². The van der Waals surface area contributed by atoms with Crippen molar-refractivity contribution in [2.24, 2.45) is 0 Å². The van der Waals surface area contributed by atoms with Crippen LogP contribution in [0.4, 0.5) is 5.69 Å². The lowest BCUT2D eigenvalue weighted by molar-refractivity contribution is 0.339. The van der Waals surface area contributed by atoms with Crippen molar-refractivity contribution in [2.75, 3.05) is 18.9 Å². The molecule has 1 heterocycles. The van der Waals surface area contributed by atoms with E-state index in [-0.39, 0.29) is 6.04 Å². The van der Waals surface area contributed by atoms with Crippen LogP contribution in [0.1, 0.15) is 31.0 Å². The summed E-state index contributed by atoms with van der Waals surface area (Å²) in [5.74, 6) is 0.900. The van der Waals surface area contributed by atoms with Crippen molar-refractivity contribution in [1.29, 1.82) is 0 Å². The molecule has 1 aromatic heterocycles. The summed E-state index contributed by atoms with van der Waals surface area (Å²) in [6, 6.07) is 10.2. The number of ether oxygens (including phenoxy) is 1. The number of hydrogen-bond acceptors (Lipinski definition) is 4. The molecule has 0 aliphatic rings. The molecule has 0 fully saturated rings. The molecule has 2 aromatic rings. The van der Waals surface area contributed by atoms with Crippen LogP contribution in [0.25, 0.3) is 0 Å². The minimum atomic E-state index is 0.196. The van der Waals surface area contributed by atoms with Crippen LogP contribution >= 0.6 is 0 Å². The van der Waals surface area contributed by atoms with E-state index in [2.05, 4.69) is 29.4 Å². The number of nitrogens with one attached hydrogen (secondary N) is 1. The standard InChI is InChI=1S/C17H23N3O/c1-3-20-17(11-14-12-19-9-8-16(14)18)13-6-5-7-15(10-13)21-4-2/h5-10,12,17,20H,3-4,11H2,1-2H3,(H2,18,19). The molecule has 0 spiro atoms. The van der Waals surface area contributed by atoms with Gasteiger partial charge in [0.15, 0.2) is 0 Å². The lowest BCUT2D eigenvalue weighted by Crippen LogP contribution is -2.23. The maximum atomic E-state index is 6.03. The smallest absolute Gasteiger partial charge is 0.119 e. The van der Waals surface area contributed by atoms with Crippen LogP contribution in [-0.4, -0.2) is 18.1 Å². The van der Waals surface area contributed by atoms with E-state index in [1.165, 1.54) is 5.56 Å². The van der Waals surface area contributed by atoms with E-state index in [4.69, 9.17) is 10.5 Å². The highest BCUT2D eigenvalue weighted by atomic mass is 16.5. The lowest BCUT2D eigenvalue weighted by Gasteiger charge is -2.20. The van der Waals surface area contributed by atoms with Crippen LogP contribution in [0.5, 0.6) is 5.75 Å². The lowest BCUT2D eigenvalue weighted by atomic mass is 9.98. The molecule has 4 nitrogen and oxygen atoms in total. The van der Waals surface area contributed by atoms with E-state index in [1.54, 1.807) is 6.20 Å². The van der Waals surface area contributed by atoms with E-state index < -0.39 is 0 Å². The Hall–Kier alpha value is -2.07. The summed E-state index contributed by atoms with van der Waals surface area (Å²) < 4.78 is 5.58. The second-order valence-corrected chi connectivity index (χ2v) is 4.89. The Bertz CT molecular complexity index is 571. The maximum absolute atomic E-state index is 6.03. The highest BCUT2D eigenvalue weighted by Gasteiger charge is 2.13. The zero-order valence-corrected chi connectivity index (χ0v) is 12.7. The van der Waals surface area contributed by atoms with Crippen molar-refractivity contribution < 1.29 is 4.74 Å². The van der Waals surface area contributed by atoms with Gasteiger partial charge in [-0.05, 0) is 49.2 Å². The molecule has 0 amide bonds. The topological polar surface area (TPSA) is 60.2 Å². The van der Waals surface area contributed by atoms with Crippen molar-refractivity contribution in [3.8, 4) is 5.75 Å². The van der Waals surface area contributed by atoms with Crippen molar-refractivity contribution in [1.82, 2.24) is 10.3 Å². The number of nitrogens with two attached hydrogens (primary N) is 1. The van der Waals surface area contributed by atoms with E-state index in [0.717, 1.165) is 30.0 Å². The van der Waals surface area contributed by atoms with Gasteiger partial charge in [0.2, 0.25) is 0 Å². The molecule has 1 atom stereocenters. The molecule has 3 N–H and O–H groups in total. The first-order valence-corrected chi connectivity index (χ1v) is 7.39. The number of anilines is 1. The largest absolute Gasteiger partial charge is 0.494 e. The SMILES string of the molecule is CCNC(Cc1cnccc1N)c1cccc(OCC)c1. The molecule has 4 heteroatoms. The van der Waals surface area contributed by atoms with Gasteiger partial charge in [-0.3, -0.25) is 4.98 Å². The molecule has 0 aliphatic heterocycles. The monoisotopic (exact) mass is 285 g/mol.